The predicted octanol–water partition coefficient (Wildman–Crippen LogP) is 0.425. The van der Waals surface area contributed by atoms with Crippen molar-refractivity contribution < 1.29 is 32.7 Å². The molecule has 2 aromatic heterocycles. The van der Waals surface area contributed by atoms with Gasteiger partial charge in [-0.05, 0) is 12.5 Å². The number of rotatable bonds is 3. The van der Waals surface area contributed by atoms with E-state index in [-0.39, 0.29) is 5.91 Å². The number of hydrogen-bond acceptors (Lipinski definition) is 5. The van der Waals surface area contributed by atoms with Crippen LogP contribution in [0, 0.1) is 5.92 Å². The summed E-state index contributed by atoms with van der Waals surface area (Å²) in [5.74, 6) is -3.53. The Morgan fingerprint density at radius 1 is 1.42 bits per heavy atom. The second-order valence-electron chi connectivity index (χ2n) is 5.38. The first-order valence-electron chi connectivity index (χ1n) is 7.26. The molecule has 0 saturated carbocycles. The van der Waals surface area contributed by atoms with E-state index in [4.69, 9.17) is 15.6 Å². The van der Waals surface area contributed by atoms with Crippen molar-refractivity contribution in [3.63, 3.8) is 0 Å². The number of carbonyl (C=O) groups is 3. The molecular weight excluding hydrogens is 359 g/mol. The molecule has 1 aliphatic rings. The Kier molecular flexibility index (Phi) is 5.43. The van der Waals surface area contributed by atoms with Crippen molar-refractivity contribution in [2.24, 2.45) is 11.7 Å². The van der Waals surface area contributed by atoms with Crippen LogP contribution in [0.25, 0.3) is 11.0 Å². The van der Waals surface area contributed by atoms with E-state index in [1.165, 1.54) is 0 Å². The summed E-state index contributed by atoms with van der Waals surface area (Å²) in [7, 11) is 0. The fraction of sp³-hybridized carbons (Fsp3) is 0.357. The fourth-order valence-electron chi connectivity index (χ4n) is 2.33. The van der Waals surface area contributed by atoms with Crippen LogP contribution < -0.4 is 5.73 Å². The molecule has 2 aromatic rings. The number of likely N-dealkylation sites (tertiary alicyclic amines) is 1. The molecule has 1 saturated heterocycles. The van der Waals surface area contributed by atoms with Gasteiger partial charge in [0.15, 0.2) is 0 Å². The number of aromatic nitrogens is 3. The fourth-order valence-corrected chi connectivity index (χ4v) is 2.33. The van der Waals surface area contributed by atoms with Gasteiger partial charge in [-0.25, -0.2) is 9.78 Å². The molecule has 1 atom stereocenters. The van der Waals surface area contributed by atoms with E-state index in [1.54, 1.807) is 17.3 Å². The third-order valence-electron chi connectivity index (χ3n) is 3.56. The van der Waals surface area contributed by atoms with Crippen molar-refractivity contribution in [1.29, 1.82) is 0 Å². The lowest BCUT2D eigenvalue weighted by molar-refractivity contribution is -0.192. The number of halogens is 3. The van der Waals surface area contributed by atoms with Crippen LogP contribution in [0.2, 0.25) is 0 Å². The second-order valence-corrected chi connectivity index (χ2v) is 5.38. The molecule has 26 heavy (non-hydrogen) atoms. The van der Waals surface area contributed by atoms with Gasteiger partial charge in [-0.3, -0.25) is 14.6 Å². The summed E-state index contributed by atoms with van der Waals surface area (Å²) in [6, 6.07) is 1.82. The molecule has 0 unspecified atom stereocenters. The van der Waals surface area contributed by atoms with Crippen molar-refractivity contribution in [3.05, 3.63) is 24.3 Å². The quantitative estimate of drug-likeness (QED) is 0.666. The number of pyridine rings is 1. The van der Waals surface area contributed by atoms with E-state index in [9.17, 15) is 22.8 Å². The summed E-state index contributed by atoms with van der Waals surface area (Å²) in [5, 5.41) is 7.12. The molecule has 1 fully saturated rings. The average Bonchev–Trinajstić information content (AvgIpc) is 3.11. The highest BCUT2D eigenvalue weighted by Gasteiger charge is 2.38. The third-order valence-corrected chi connectivity index (χ3v) is 3.56. The number of amides is 2. The molecule has 0 aliphatic carbocycles. The average molecular weight is 373 g/mol. The SMILES string of the molecule is NC(=O)[C@@H]1CCN(Cc2nc3cnccc3[nH]2)C1=O.O=C(O)C(F)(F)F. The summed E-state index contributed by atoms with van der Waals surface area (Å²) in [6.45, 7) is 0.888. The number of nitrogens with zero attached hydrogens (tertiary/aromatic N) is 3. The number of carbonyl (C=O) groups excluding carboxylic acids is 2. The van der Waals surface area contributed by atoms with Crippen molar-refractivity contribution in [1.82, 2.24) is 19.9 Å². The highest BCUT2D eigenvalue weighted by Crippen LogP contribution is 2.20. The molecule has 12 heteroatoms. The lowest BCUT2D eigenvalue weighted by Crippen LogP contribution is -2.33. The number of carboxylic acids is 1. The Bertz CT molecular complexity index is 802. The standard InChI is InChI=1S/C12H13N5O2.C2HF3O2/c13-11(18)7-2-4-17(12(7)19)6-10-15-8-1-3-14-5-9(8)16-10;3-2(4,5)1(6)7/h1,3,5,7H,2,4,6H2,(H2,13,18)(H,15,16);(H,6,7)/t7-;/m0./s1. The first kappa shape index (κ1) is 19.1. The van der Waals surface area contributed by atoms with Crippen molar-refractivity contribution in [2.75, 3.05) is 6.54 Å². The molecule has 4 N–H and O–H groups in total. The van der Waals surface area contributed by atoms with Crippen LogP contribution in [0.5, 0.6) is 0 Å². The van der Waals surface area contributed by atoms with Gasteiger partial charge in [0.2, 0.25) is 11.8 Å². The maximum atomic E-state index is 11.9. The Morgan fingerprint density at radius 3 is 2.58 bits per heavy atom. The molecule has 0 bridgehead atoms. The van der Waals surface area contributed by atoms with E-state index in [0.29, 0.717) is 25.3 Å². The Balaban J connectivity index is 0.000000298. The molecule has 0 radical (unpaired) electrons. The minimum Gasteiger partial charge on any atom is -0.475 e. The highest BCUT2D eigenvalue weighted by atomic mass is 19.4. The Morgan fingerprint density at radius 2 is 2.08 bits per heavy atom. The van der Waals surface area contributed by atoms with Crippen LogP contribution in [-0.2, 0) is 20.9 Å². The minimum absolute atomic E-state index is 0.217. The third kappa shape index (κ3) is 4.46. The number of hydrogen-bond donors (Lipinski definition) is 3. The number of aliphatic carboxylic acids is 1. The zero-order valence-corrected chi connectivity index (χ0v) is 13.2. The molecule has 1 aliphatic heterocycles. The molecule has 0 aromatic carbocycles. The predicted molar refractivity (Wildman–Crippen MR) is 80.3 cm³/mol. The summed E-state index contributed by atoms with van der Waals surface area (Å²) in [6.07, 6.45) is -1.27. The summed E-state index contributed by atoms with van der Waals surface area (Å²) >= 11 is 0. The van der Waals surface area contributed by atoms with Gasteiger partial charge in [0.05, 0.1) is 18.3 Å². The van der Waals surface area contributed by atoms with Crippen LogP contribution in [0.4, 0.5) is 13.2 Å². The number of primary amides is 1. The molecule has 3 rings (SSSR count). The van der Waals surface area contributed by atoms with Gasteiger partial charge in [-0.15, -0.1) is 0 Å². The van der Waals surface area contributed by atoms with Crippen LogP contribution in [0.1, 0.15) is 12.2 Å². The molecular formula is C14H14F3N5O4. The zero-order chi connectivity index (χ0) is 19.5. The maximum absolute atomic E-state index is 11.9. The van der Waals surface area contributed by atoms with Crippen molar-refractivity contribution >= 4 is 28.8 Å². The van der Waals surface area contributed by atoms with E-state index in [1.807, 2.05) is 6.07 Å². The molecule has 2 amide bonds. The summed E-state index contributed by atoms with van der Waals surface area (Å²) in [5.41, 5.74) is 6.82. The number of alkyl halides is 3. The van der Waals surface area contributed by atoms with Gasteiger partial charge in [0, 0.05) is 12.7 Å². The van der Waals surface area contributed by atoms with E-state index in [0.717, 1.165) is 11.0 Å². The number of imidazole rings is 1. The Labute approximate surface area is 144 Å². The van der Waals surface area contributed by atoms with E-state index < -0.39 is 24.0 Å². The van der Waals surface area contributed by atoms with Crippen LogP contribution in [0.3, 0.4) is 0 Å². The maximum Gasteiger partial charge on any atom is 0.490 e. The van der Waals surface area contributed by atoms with Crippen LogP contribution >= 0.6 is 0 Å². The largest absolute Gasteiger partial charge is 0.490 e. The lowest BCUT2D eigenvalue weighted by atomic mass is 10.1. The van der Waals surface area contributed by atoms with Gasteiger partial charge < -0.3 is 20.7 Å². The lowest BCUT2D eigenvalue weighted by Gasteiger charge is -2.14. The smallest absolute Gasteiger partial charge is 0.475 e. The highest BCUT2D eigenvalue weighted by molar-refractivity contribution is 6.00. The van der Waals surface area contributed by atoms with Gasteiger partial charge in [-0.2, -0.15) is 13.2 Å². The molecule has 140 valence electrons. The molecule has 3 heterocycles. The summed E-state index contributed by atoms with van der Waals surface area (Å²) < 4.78 is 31.7. The van der Waals surface area contributed by atoms with E-state index >= 15 is 0 Å². The normalized spacial score (nSPS) is 17.1. The second kappa shape index (κ2) is 7.37. The number of nitrogens with one attached hydrogen (secondary N) is 1. The number of nitrogens with two attached hydrogens (primary N) is 1. The number of H-pyrrole nitrogens is 1. The zero-order valence-electron chi connectivity index (χ0n) is 13.2. The monoisotopic (exact) mass is 373 g/mol. The van der Waals surface area contributed by atoms with Crippen molar-refractivity contribution in [2.45, 2.75) is 19.1 Å². The molecule has 9 nitrogen and oxygen atoms in total. The summed E-state index contributed by atoms with van der Waals surface area (Å²) in [4.78, 5) is 45.0. The van der Waals surface area contributed by atoms with Crippen LogP contribution in [0.15, 0.2) is 18.5 Å². The molecule has 0 spiro atoms. The van der Waals surface area contributed by atoms with Gasteiger partial charge >= 0.3 is 12.1 Å². The van der Waals surface area contributed by atoms with Crippen LogP contribution in [-0.4, -0.2) is 55.5 Å². The number of carboxylic acid groups (broad SMARTS) is 1. The van der Waals surface area contributed by atoms with Gasteiger partial charge in [0.1, 0.15) is 17.3 Å². The number of aromatic amines is 1. The van der Waals surface area contributed by atoms with Crippen molar-refractivity contribution in [3.8, 4) is 0 Å². The van der Waals surface area contributed by atoms with Gasteiger partial charge in [-0.1, -0.05) is 0 Å². The van der Waals surface area contributed by atoms with E-state index in [2.05, 4.69) is 15.0 Å². The topological polar surface area (TPSA) is 142 Å². The number of fused-ring (bicyclic) bond motifs is 1. The minimum atomic E-state index is -5.08. The first-order valence-corrected chi connectivity index (χ1v) is 7.26. The Hall–Kier alpha value is -3.18. The first-order chi connectivity index (χ1) is 12.1. The van der Waals surface area contributed by atoms with Gasteiger partial charge in [0.25, 0.3) is 0 Å².